The number of amides is 2. The van der Waals surface area contributed by atoms with Gasteiger partial charge in [0.05, 0.1) is 6.33 Å². The number of imidazole rings is 1. The Balaban J connectivity index is 1.78. The smallest absolute Gasteiger partial charge is 0.306 e. The Labute approximate surface area is 183 Å². The van der Waals surface area contributed by atoms with Gasteiger partial charge in [-0.1, -0.05) is 6.07 Å². The largest absolute Gasteiger partial charge is 0.460 e. The summed E-state index contributed by atoms with van der Waals surface area (Å²) >= 11 is 3.51. The Kier molecular flexibility index (Phi) is 6.03. The number of carbonyl (C=O) groups is 3. The van der Waals surface area contributed by atoms with Gasteiger partial charge in [-0.05, 0) is 60.8 Å². The van der Waals surface area contributed by atoms with Crippen LogP contribution in [0.25, 0.3) is 11.3 Å². The van der Waals surface area contributed by atoms with Crippen molar-refractivity contribution in [2.24, 2.45) is 12.8 Å². The van der Waals surface area contributed by atoms with E-state index in [0.717, 1.165) is 21.4 Å². The molecule has 160 valence electrons. The van der Waals surface area contributed by atoms with E-state index in [2.05, 4.69) is 20.9 Å². The van der Waals surface area contributed by atoms with Crippen LogP contribution < -0.4 is 5.73 Å². The summed E-state index contributed by atoms with van der Waals surface area (Å²) in [7, 11) is 1.88. The van der Waals surface area contributed by atoms with Gasteiger partial charge in [0.2, 0.25) is 5.91 Å². The van der Waals surface area contributed by atoms with E-state index >= 15 is 0 Å². The molecule has 1 atom stereocenters. The molecule has 2 amide bonds. The fraction of sp³-hybridized carbons (Fsp3) is 0.429. The molecule has 0 saturated carbocycles. The maximum atomic E-state index is 12.9. The molecule has 3 rings (SSSR count). The Morgan fingerprint density at radius 1 is 1.33 bits per heavy atom. The molecule has 8 nitrogen and oxygen atoms in total. The van der Waals surface area contributed by atoms with Gasteiger partial charge in [0.25, 0.3) is 5.91 Å². The van der Waals surface area contributed by atoms with Crippen LogP contribution in [-0.2, 0) is 27.9 Å². The number of rotatable bonds is 6. The molecule has 0 spiro atoms. The lowest BCUT2D eigenvalue weighted by molar-refractivity contribution is -0.155. The van der Waals surface area contributed by atoms with Crippen LogP contribution in [0, 0.1) is 0 Å². The Hall–Kier alpha value is -2.68. The number of hydrogen-bond acceptors (Lipinski definition) is 5. The number of fused-ring (bicyclic) bond motifs is 1. The van der Waals surface area contributed by atoms with E-state index in [1.165, 1.54) is 4.90 Å². The van der Waals surface area contributed by atoms with E-state index in [1.807, 2.05) is 23.7 Å². The van der Waals surface area contributed by atoms with Crippen molar-refractivity contribution in [3.8, 4) is 11.3 Å². The number of benzene rings is 1. The van der Waals surface area contributed by atoms with E-state index in [0.29, 0.717) is 5.56 Å². The number of aromatic nitrogens is 2. The summed E-state index contributed by atoms with van der Waals surface area (Å²) in [4.78, 5) is 42.8. The van der Waals surface area contributed by atoms with Crippen molar-refractivity contribution in [1.82, 2.24) is 14.5 Å². The molecule has 0 radical (unpaired) electrons. The average Bonchev–Trinajstić information content (AvgIpc) is 3.13. The van der Waals surface area contributed by atoms with E-state index in [4.69, 9.17) is 10.5 Å². The third kappa shape index (κ3) is 4.56. The molecule has 0 unspecified atom stereocenters. The third-order valence-corrected chi connectivity index (χ3v) is 5.76. The number of ether oxygens (including phenoxy) is 1. The first kappa shape index (κ1) is 22.0. The molecule has 30 heavy (non-hydrogen) atoms. The second-order valence-electron chi connectivity index (χ2n) is 8.34. The van der Waals surface area contributed by atoms with Crippen LogP contribution in [0.2, 0.25) is 0 Å². The molecule has 1 aromatic heterocycles. The maximum absolute atomic E-state index is 12.9. The number of primary amides is 1. The van der Waals surface area contributed by atoms with Gasteiger partial charge < -0.3 is 19.9 Å². The number of nitrogens with zero attached hydrogens (tertiary/aromatic N) is 3. The van der Waals surface area contributed by atoms with Crippen LogP contribution in [0.4, 0.5) is 0 Å². The zero-order valence-electron chi connectivity index (χ0n) is 17.4. The molecule has 2 aromatic rings. The summed E-state index contributed by atoms with van der Waals surface area (Å²) < 4.78 is 7.97. The number of halogens is 1. The van der Waals surface area contributed by atoms with Crippen molar-refractivity contribution in [3.63, 3.8) is 0 Å². The van der Waals surface area contributed by atoms with Gasteiger partial charge in [0.1, 0.15) is 21.9 Å². The summed E-state index contributed by atoms with van der Waals surface area (Å²) in [5.74, 6) is -1.35. The van der Waals surface area contributed by atoms with E-state index in [-0.39, 0.29) is 25.3 Å². The highest BCUT2D eigenvalue weighted by atomic mass is 79.9. The normalized spacial score (nSPS) is 14.6. The second-order valence-corrected chi connectivity index (χ2v) is 9.09. The van der Waals surface area contributed by atoms with Gasteiger partial charge >= 0.3 is 5.97 Å². The molecule has 0 saturated heterocycles. The van der Waals surface area contributed by atoms with Gasteiger partial charge in [-0.3, -0.25) is 14.4 Å². The molecular formula is C21H25BrN4O4. The lowest BCUT2D eigenvalue weighted by Crippen LogP contribution is -2.45. The summed E-state index contributed by atoms with van der Waals surface area (Å²) in [6.45, 7) is 5.56. The molecule has 9 heteroatoms. The lowest BCUT2D eigenvalue weighted by Gasteiger charge is -2.25. The predicted molar refractivity (Wildman–Crippen MR) is 114 cm³/mol. The fourth-order valence-corrected chi connectivity index (χ4v) is 3.87. The molecule has 1 aliphatic heterocycles. The molecule has 2 N–H and O–H groups in total. The minimum atomic E-state index is -0.887. The van der Waals surface area contributed by atoms with Crippen molar-refractivity contribution < 1.29 is 19.1 Å². The predicted octanol–water partition coefficient (Wildman–Crippen LogP) is 2.78. The summed E-state index contributed by atoms with van der Waals surface area (Å²) in [5.41, 5.74) is 7.89. The first-order chi connectivity index (χ1) is 14.0. The molecule has 2 heterocycles. The highest BCUT2D eigenvalue weighted by Crippen LogP contribution is 2.32. The second kappa shape index (κ2) is 8.22. The van der Waals surface area contributed by atoms with Crippen LogP contribution in [-0.4, -0.2) is 43.9 Å². The molecule has 0 aliphatic carbocycles. The number of carbonyl (C=O) groups excluding carboxylic acids is 3. The summed E-state index contributed by atoms with van der Waals surface area (Å²) in [6.07, 6.45) is 1.81. The molecule has 0 fully saturated rings. The van der Waals surface area contributed by atoms with Crippen LogP contribution >= 0.6 is 15.9 Å². The monoisotopic (exact) mass is 476 g/mol. The van der Waals surface area contributed by atoms with Crippen molar-refractivity contribution in [2.45, 2.75) is 51.8 Å². The standard InChI is InChI=1S/C21H25BrN4O4/c1-21(2,3)30-16(27)8-7-15(19(23)28)26-10-13-9-12(5-6-14(13)20(26)29)17-18(22)25(4)11-24-17/h5-6,9,11,15H,7-8,10H2,1-4H3,(H2,23,28)/t15-/m0/s1. The van der Waals surface area contributed by atoms with Gasteiger partial charge in [0, 0.05) is 31.1 Å². The van der Waals surface area contributed by atoms with Crippen molar-refractivity contribution in [1.29, 1.82) is 0 Å². The first-order valence-corrected chi connectivity index (χ1v) is 10.4. The van der Waals surface area contributed by atoms with Gasteiger partial charge in [-0.2, -0.15) is 0 Å². The number of aryl methyl sites for hydroxylation is 1. The minimum Gasteiger partial charge on any atom is -0.460 e. The van der Waals surface area contributed by atoms with Crippen molar-refractivity contribution in [2.75, 3.05) is 0 Å². The Bertz CT molecular complexity index is 1010. The van der Waals surface area contributed by atoms with Crippen LogP contribution in [0.3, 0.4) is 0 Å². The molecule has 0 bridgehead atoms. The quantitative estimate of drug-likeness (QED) is 0.644. The fourth-order valence-electron chi connectivity index (χ4n) is 3.45. The molecular weight excluding hydrogens is 452 g/mol. The summed E-state index contributed by atoms with van der Waals surface area (Å²) in [5, 5.41) is 0. The number of nitrogens with two attached hydrogens (primary N) is 1. The number of hydrogen-bond donors (Lipinski definition) is 1. The zero-order chi connectivity index (χ0) is 22.2. The third-order valence-electron chi connectivity index (χ3n) is 4.82. The van der Waals surface area contributed by atoms with Gasteiger partial charge in [-0.25, -0.2) is 4.98 Å². The Morgan fingerprint density at radius 2 is 2.03 bits per heavy atom. The molecule has 1 aromatic carbocycles. The van der Waals surface area contributed by atoms with Crippen LogP contribution in [0.15, 0.2) is 29.1 Å². The van der Waals surface area contributed by atoms with Crippen LogP contribution in [0.5, 0.6) is 0 Å². The first-order valence-electron chi connectivity index (χ1n) is 9.60. The van der Waals surface area contributed by atoms with Crippen molar-refractivity contribution >= 4 is 33.7 Å². The highest BCUT2D eigenvalue weighted by molar-refractivity contribution is 9.10. The maximum Gasteiger partial charge on any atom is 0.306 e. The zero-order valence-corrected chi connectivity index (χ0v) is 19.0. The van der Waals surface area contributed by atoms with Crippen molar-refractivity contribution in [3.05, 3.63) is 40.3 Å². The summed E-state index contributed by atoms with van der Waals surface area (Å²) in [6, 6.07) is 4.57. The lowest BCUT2D eigenvalue weighted by atomic mass is 10.0. The SMILES string of the molecule is Cn1cnc(-c2ccc3c(c2)CN([C@@H](CCC(=O)OC(C)(C)C)C(N)=O)C3=O)c1Br. The Morgan fingerprint density at radius 3 is 2.60 bits per heavy atom. The number of esters is 1. The van der Waals surface area contributed by atoms with Gasteiger partial charge in [-0.15, -0.1) is 0 Å². The topological polar surface area (TPSA) is 108 Å². The van der Waals surface area contributed by atoms with E-state index in [1.54, 1.807) is 33.2 Å². The van der Waals surface area contributed by atoms with Gasteiger partial charge in [0.15, 0.2) is 0 Å². The molecule has 1 aliphatic rings. The highest BCUT2D eigenvalue weighted by Gasteiger charge is 2.36. The minimum absolute atomic E-state index is 0.00284. The van der Waals surface area contributed by atoms with E-state index in [9.17, 15) is 14.4 Å². The van der Waals surface area contributed by atoms with E-state index < -0.39 is 23.5 Å². The van der Waals surface area contributed by atoms with Crippen LogP contribution in [0.1, 0.15) is 49.5 Å². The average molecular weight is 477 g/mol.